The van der Waals surface area contributed by atoms with Gasteiger partial charge < -0.3 is 15.5 Å². The lowest BCUT2D eigenvalue weighted by Gasteiger charge is -2.19. The predicted molar refractivity (Wildman–Crippen MR) is 63.8 cm³/mol. The number of aliphatic hydroxyl groups excluding tert-OH is 2. The number of carbonyl (C=O) groups is 1. The molecule has 4 nitrogen and oxygen atoms in total. The second-order valence-corrected chi connectivity index (χ2v) is 4.33. The molecule has 3 N–H and O–H groups in total. The Labute approximate surface area is 102 Å². The third-order valence-electron chi connectivity index (χ3n) is 2.15. The first-order valence-corrected chi connectivity index (χ1v) is 5.66. The van der Waals surface area contributed by atoms with E-state index in [-0.39, 0.29) is 12.5 Å². The van der Waals surface area contributed by atoms with Crippen LogP contribution in [0.3, 0.4) is 0 Å². The lowest BCUT2D eigenvalue weighted by molar-refractivity contribution is -0.119. The molecule has 1 rings (SSSR count). The lowest BCUT2D eigenvalue weighted by atomic mass is 10.0. The molecule has 5 heteroatoms. The van der Waals surface area contributed by atoms with Crippen molar-refractivity contribution in [3.8, 4) is 0 Å². The Morgan fingerprint density at radius 2 is 2.06 bits per heavy atom. The highest BCUT2D eigenvalue weighted by Gasteiger charge is 2.20. The van der Waals surface area contributed by atoms with Crippen molar-refractivity contribution in [3.05, 3.63) is 34.3 Å². The number of nitrogens with one attached hydrogen (secondary N) is 1. The Morgan fingerprint density at radius 1 is 1.44 bits per heavy atom. The second kappa shape index (κ2) is 5.98. The Hall–Kier alpha value is -0.910. The van der Waals surface area contributed by atoms with E-state index < -0.39 is 12.2 Å². The van der Waals surface area contributed by atoms with Crippen LogP contribution in [0.2, 0.25) is 0 Å². The van der Waals surface area contributed by atoms with Gasteiger partial charge in [-0.3, -0.25) is 4.79 Å². The molecule has 0 aliphatic heterocycles. The van der Waals surface area contributed by atoms with Crippen LogP contribution < -0.4 is 5.32 Å². The molecular weight excluding hydrogens is 274 g/mol. The van der Waals surface area contributed by atoms with Gasteiger partial charge in [0, 0.05) is 17.9 Å². The van der Waals surface area contributed by atoms with Gasteiger partial charge in [0.05, 0.1) is 0 Å². The summed E-state index contributed by atoms with van der Waals surface area (Å²) in [6, 6.07) is 7.09. The van der Waals surface area contributed by atoms with E-state index in [0.717, 1.165) is 4.47 Å². The summed E-state index contributed by atoms with van der Waals surface area (Å²) in [7, 11) is 0. The van der Waals surface area contributed by atoms with Crippen LogP contribution in [-0.4, -0.2) is 28.8 Å². The normalized spacial score (nSPS) is 14.2. The summed E-state index contributed by atoms with van der Waals surface area (Å²) in [6.45, 7) is 1.38. The fourth-order valence-corrected chi connectivity index (χ4v) is 1.80. The van der Waals surface area contributed by atoms with E-state index in [2.05, 4.69) is 21.2 Å². The van der Waals surface area contributed by atoms with Gasteiger partial charge in [0.25, 0.3) is 0 Å². The van der Waals surface area contributed by atoms with E-state index in [9.17, 15) is 15.0 Å². The van der Waals surface area contributed by atoms with Gasteiger partial charge in [0.15, 0.2) is 0 Å². The third-order valence-corrected chi connectivity index (χ3v) is 2.87. The molecule has 0 spiro atoms. The average molecular weight is 288 g/mol. The number of aliphatic hydroxyl groups is 2. The lowest BCUT2D eigenvalue weighted by Crippen LogP contribution is -2.34. The van der Waals surface area contributed by atoms with Gasteiger partial charge >= 0.3 is 0 Å². The van der Waals surface area contributed by atoms with Crippen LogP contribution in [0.4, 0.5) is 0 Å². The maximum absolute atomic E-state index is 10.7. The number of carbonyl (C=O) groups excluding carboxylic acids is 1. The molecule has 0 heterocycles. The highest BCUT2D eigenvalue weighted by Crippen LogP contribution is 2.25. The van der Waals surface area contributed by atoms with Gasteiger partial charge in [-0.05, 0) is 11.6 Å². The molecule has 0 radical (unpaired) electrons. The largest absolute Gasteiger partial charge is 0.388 e. The van der Waals surface area contributed by atoms with E-state index >= 15 is 0 Å². The molecular formula is C11H14BrNO3. The summed E-state index contributed by atoms with van der Waals surface area (Å²) in [5, 5.41) is 22.0. The number of benzene rings is 1. The van der Waals surface area contributed by atoms with Crippen molar-refractivity contribution in [2.75, 3.05) is 6.54 Å². The minimum Gasteiger partial charge on any atom is -0.388 e. The van der Waals surface area contributed by atoms with E-state index in [4.69, 9.17) is 0 Å². The average Bonchev–Trinajstić information content (AvgIpc) is 2.25. The van der Waals surface area contributed by atoms with Crippen LogP contribution in [0.25, 0.3) is 0 Å². The fourth-order valence-electron chi connectivity index (χ4n) is 1.28. The molecule has 1 aromatic rings. The smallest absolute Gasteiger partial charge is 0.216 e. The van der Waals surface area contributed by atoms with Gasteiger partial charge in [-0.15, -0.1) is 0 Å². The summed E-state index contributed by atoms with van der Waals surface area (Å²) in [5.74, 6) is -0.238. The standard InChI is InChI=1S/C11H14BrNO3/c1-7(14)13-6-10(15)11(16)8-4-2-3-5-9(8)12/h2-5,10-11,15-16H,6H2,1H3,(H,13,14). The zero-order chi connectivity index (χ0) is 12.1. The number of rotatable bonds is 4. The maximum Gasteiger partial charge on any atom is 0.216 e. The van der Waals surface area contributed by atoms with Gasteiger partial charge in [0.1, 0.15) is 12.2 Å². The predicted octanol–water partition coefficient (Wildman–Crippen LogP) is 0.979. The van der Waals surface area contributed by atoms with Crippen LogP contribution in [0, 0.1) is 0 Å². The topological polar surface area (TPSA) is 69.6 Å². The molecule has 2 unspecified atom stereocenters. The molecule has 0 saturated heterocycles. The van der Waals surface area contributed by atoms with Crippen molar-refractivity contribution < 1.29 is 15.0 Å². The molecule has 0 aliphatic rings. The first-order valence-electron chi connectivity index (χ1n) is 4.87. The van der Waals surface area contributed by atoms with E-state index in [1.807, 2.05) is 6.07 Å². The van der Waals surface area contributed by atoms with Crippen LogP contribution in [0.1, 0.15) is 18.6 Å². The molecule has 88 valence electrons. The Bertz CT molecular complexity index is 370. The Morgan fingerprint density at radius 3 is 2.62 bits per heavy atom. The van der Waals surface area contributed by atoms with E-state index in [0.29, 0.717) is 5.56 Å². The highest BCUT2D eigenvalue weighted by atomic mass is 79.9. The van der Waals surface area contributed by atoms with Crippen LogP contribution in [0.15, 0.2) is 28.7 Å². The number of amides is 1. The molecule has 16 heavy (non-hydrogen) atoms. The highest BCUT2D eigenvalue weighted by molar-refractivity contribution is 9.10. The summed E-state index contributed by atoms with van der Waals surface area (Å²) in [6.07, 6.45) is -2.05. The van der Waals surface area contributed by atoms with Gasteiger partial charge in [-0.1, -0.05) is 34.1 Å². The molecule has 0 fully saturated rings. The third kappa shape index (κ3) is 3.59. The number of halogens is 1. The first kappa shape index (κ1) is 13.2. The SMILES string of the molecule is CC(=O)NCC(O)C(O)c1ccccc1Br. The molecule has 0 saturated carbocycles. The summed E-state index contributed by atoms with van der Waals surface area (Å²) in [4.78, 5) is 10.7. The van der Waals surface area contributed by atoms with Gasteiger partial charge in [-0.25, -0.2) is 0 Å². The Balaban J connectivity index is 2.66. The number of hydrogen-bond acceptors (Lipinski definition) is 3. The zero-order valence-corrected chi connectivity index (χ0v) is 10.4. The molecule has 2 atom stereocenters. The van der Waals surface area contributed by atoms with E-state index in [1.165, 1.54) is 6.92 Å². The second-order valence-electron chi connectivity index (χ2n) is 3.47. The zero-order valence-electron chi connectivity index (χ0n) is 8.85. The first-order chi connectivity index (χ1) is 7.52. The van der Waals surface area contributed by atoms with Crippen LogP contribution >= 0.6 is 15.9 Å². The quantitative estimate of drug-likeness (QED) is 0.773. The molecule has 1 aromatic carbocycles. The van der Waals surface area contributed by atoms with Crippen molar-refractivity contribution in [3.63, 3.8) is 0 Å². The fraction of sp³-hybridized carbons (Fsp3) is 0.364. The minimum absolute atomic E-state index is 0.0256. The summed E-state index contributed by atoms with van der Waals surface area (Å²) < 4.78 is 0.726. The van der Waals surface area contributed by atoms with Crippen molar-refractivity contribution in [1.29, 1.82) is 0 Å². The van der Waals surface area contributed by atoms with Gasteiger partial charge in [0.2, 0.25) is 5.91 Å². The molecule has 1 amide bonds. The molecule has 0 aromatic heterocycles. The van der Waals surface area contributed by atoms with Crippen molar-refractivity contribution in [2.45, 2.75) is 19.1 Å². The van der Waals surface area contributed by atoms with Crippen molar-refractivity contribution in [2.24, 2.45) is 0 Å². The van der Waals surface area contributed by atoms with Crippen molar-refractivity contribution in [1.82, 2.24) is 5.32 Å². The monoisotopic (exact) mass is 287 g/mol. The molecule has 0 bridgehead atoms. The minimum atomic E-state index is -1.03. The van der Waals surface area contributed by atoms with E-state index in [1.54, 1.807) is 18.2 Å². The Kier molecular flexibility index (Phi) is 4.92. The molecule has 0 aliphatic carbocycles. The number of hydrogen-bond donors (Lipinski definition) is 3. The maximum atomic E-state index is 10.7. The van der Waals surface area contributed by atoms with Crippen LogP contribution in [0.5, 0.6) is 0 Å². The summed E-state index contributed by atoms with van der Waals surface area (Å²) >= 11 is 3.29. The van der Waals surface area contributed by atoms with Gasteiger partial charge in [-0.2, -0.15) is 0 Å². The van der Waals surface area contributed by atoms with Crippen molar-refractivity contribution >= 4 is 21.8 Å². The summed E-state index contributed by atoms with van der Waals surface area (Å²) in [5.41, 5.74) is 0.598. The van der Waals surface area contributed by atoms with Crippen LogP contribution in [-0.2, 0) is 4.79 Å².